The van der Waals surface area contributed by atoms with Crippen molar-refractivity contribution in [3.05, 3.63) is 53.6 Å². The predicted molar refractivity (Wildman–Crippen MR) is 110 cm³/mol. The van der Waals surface area contributed by atoms with Gasteiger partial charge in [0.25, 0.3) is 0 Å². The van der Waals surface area contributed by atoms with E-state index >= 15 is 0 Å². The van der Waals surface area contributed by atoms with Crippen LogP contribution in [0.15, 0.2) is 36.4 Å². The Balaban J connectivity index is 1.69. The molecule has 0 N–H and O–H groups in total. The molecule has 7 heteroatoms. The molecule has 0 atom stereocenters. The van der Waals surface area contributed by atoms with E-state index in [4.69, 9.17) is 0 Å². The van der Waals surface area contributed by atoms with Crippen LogP contribution in [0.2, 0.25) is 18.1 Å². The minimum Gasteiger partial charge on any atom is -0.406 e. The topological polar surface area (TPSA) is 9.23 Å². The lowest BCUT2D eigenvalue weighted by Crippen LogP contribution is -2.20. The number of hydrogen-bond donors (Lipinski definition) is 0. The summed E-state index contributed by atoms with van der Waals surface area (Å²) in [6, 6.07) is 11.0. The first kappa shape index (κ1) is 22.8. The summed E-state index contributed by atoms with van der Waals surface area (Å²) in [5, 5.41) is 0. The summed E-state index contributed by atoms with van der Waals surface area (Å²) in [6.45, 7) is 2.20. The minimum atomic E-state index is -4.81. The van der Waals surface area contributed by atoms with Crippen LogP contribution in [0.3, 0.4) is 0 Å². The van der Waals surface area contributed by atoms with E-state index in [1.165, 1.54) is 61.7 Å². The molecule has 2 aromatic rings. The van der Waals surface area contributed by atoms with Gasteiger partial charge in [-0.3, -0.25) is 0 Å². The van der Waals surface area contributed by atoms with Crippen molar-refractivity contribution in [3.8, 4) is 16.9 Å². The molecule has 1 nitrogen and oxygen atoms in total. The zero-order chi connectivity index (χ0) is 21.7. The fraction of sp³-hybridized carbons (Fsp3) is 0.478. The van der Waals surface area contributed by atoms with Crippen LogP contribution in [0, 0.1) is 11.6 Å². The maximum Gasteiger partial charge on any atom is 0.573 e. The number of halogens is 5. The van der Waals surface area contributed by atoms with Gasteiger partial charge in [-0.1, -0.05) is 56.5 Å². The molecule has 1 saturated heterocycles. The molecule has 0 spiro atoms. The number of hydrogen-bond acceptors (Lipinski definition) is 1. The van der Waals surface area contributed by atoms with Gasteiger partial charge in [0.15, 0.2) is 0 Å². The second kappa shape index (κ2) is 9.94. The van der Waals surface area contributed by atoms with Gasteiger partial charge in [-0.15, -0.1) is 13.2 Å². The van der Waals surface area contributed by atoms with Crippen molar-refractivity contribution in [1.29, 1.82) is 0 Å². The highest BCUT2D eigenvalue weighted by Gasteiger charge is 2.31. The van der Waals surface area contributed by atoms with E-state index in [1.54, 1.807) is 0 Å². The van der Waals surface area contributed by atoms with Crippen molar-refractivity contribution < 1.29 is 26.7 Å². The first-order chi connectivity index (χ1) is 14.3. The van der Waals surface area contributed by atoms with Crippen LogP contribution < -0.4 is 4.74 Å². The highest BCUT2D eigenvalue weighted by Crippen LogP contribution is 2.38. The normalized spacial score (nSPS) is 16.1. The molecule has 0 aliphatic carbocycles. The summed E-state index contributed by atoms with van der Waals surface area (Å²) in [6.07, 6.45) is 0.931. The molecule has 1 fully saturated rings. The van der Waals surface area contributed by atoms with Crippen LogP contribution in [0.5, 0.6) is 5.75 Å². The van der Waals surface area contributed by atoms with Gasteiger partial charge >= 0.3 is 6.36 Å². The van der Waals surface area contributed by atoms with Crippen LogP contribution in [-0.2, 0) is 0 Å². The Morgan fingerprint density at radius 1 is 0.967 bits per heavy atom. The molecular weight excluding hydrogens is 415 g/mol. The molecule has 3 rings (SSSR count). The molecule has 1 aliphatic rings. The Morgan fingerprint density at radius 2 is 1.57 bits per heavy atom. The quantitative estimate of drug-likeness (QED) is 0.240. The Labute approximate surface area is 175 Å². The average molecular weight is 442 g/mol. The second-order valence-electron chi connectivity index (χ2n) is 7.91. The lowest BCUT2D eigenvalue weighted by molar-refractivity contribution is -0.274. The minimum absolute atomic E-state index is 0.172. The maximum absolute atomic E-state index is 14.8. The van der Waals surface area contributed by atoms with Crippen molar-refractivity contribution in [2.45, 2.75) is 69.4 Å². The zero-order valence-electron chi connectivity index (χ0n) is 17.0. The smallest absolute Gasteiger partial charge is 0.406 e. The first-order valence-corrected chi connectivity index (χ1v) is 12.6. The fourth-order valence-corrected chi connectivity index (χ4v) is 7.18. The van der Waals surface area contributed by atoms with Gasteiger partial charge in [-0.25, -0.2) is 8.78 Å². The molecule has 1 heterocycles. The summed E-state index contributed by atoms with van der Waals surface area (Å²) >= 11 is 0. The molecule has 30 heavy (non-hydrogen) atoms. The molecule has 0 unspecified atom stereocenters. The second-order valence-corrected chi connectivity index (χ2v) is 10.9. The van der Waals surface area contributed by atoms with Gasteiger partial charge in [0.05, 0.1) is 5.56 Å². The standard InChI is InChI=1S/C23H26F5OSi/c1-2-3-4-11-30-12-9-16(10-13-30)18-14-20(24)22(21(25)15-18)17-5-7-19(8-6-17)29-23(26,27)28/h5-8,14-16H,2-4,9-13H2,1H3. The monoisotopic (exact) mass is 441 g/mol. The van der Waals surface area contributed by atoms with Crippen molar-refractivity contribution in [2.75, 3.05) is 0 Å². The van der Waals surface area contributed by atoms with Crippen molar-refractivity contribution >= 4 is 8.80 Å². The summed E-state index contributed by atoms with van der Waals surface area (Å²) in [7, 11) is -0.327. The molecule has 1 radical (unpaired) electrons. The van der Waals surface area contributed by atoms with Gasteiger partial charge in [-0.05, 0) is 54.2 Å². The Hall–Kier alpha value is -1.89. The summed E-state index contributed by atoms with van der Waals surface area (Å²) in [4.78, 5) is 0. The third-order valence-corrected chi connectivity index (χ3v) is 8.79. The van der Waals surface area contributed by atoms with Crippen molar-refractivity contribution in [1.82, 2.24) is 0 Å². The lowest BCUT2D eigenvalue weighted by atomic mass is 9.91. The molecule has 0 aromatic heterocycles. The SMILES string of the molecule is CCCCC[Si]1CCC(c2cc(F)c(-c3ccc(OC(F)(F)F)cc3)c(F)c2)CC1. The highest BCUT2D eigenvalue weighted by molar-refractivity contribution is 6.59. The van der Waals surface area contributed by atoms with Crippen LogP contribution in [0.1, 0.15) is 50.5 Å². The van der Waals surface area contributed by atoms with Crippen LogP contribution >= 0.6 is 0 Å². The van der Waals surface area contributed by atoms with Gasteiger partial charge in [0.2, 0.25) is 0 Å². The first-order valence-electron chi connectivity index (χ1n) is 10.5. The van der Waals surface area contributed by atoms with Crippen molar-refractivity contribution in [2.24, 2.45) is 0 Å². The van der Waals surface area contributed by atoms with E-state index in [0.29, 0.717) is 5.56 Å². The fourth-order valence-electron chi connectivity index (χ4n) is 4.16. The third kappa shape index (κ3) is 6.06. The van der Waals surface area contributed by atoms with E-state index in [-0.39, 0.29) is 25.8 Å². The van der Waals surface area contributed by atoms with Gasteiger partial charge < -0.3 is 4.74 Å². The van der Waals surface area contributed by atoms with Gasteiger partial charge in [-0.2, -0.15) is 0 Å². The van der Waals surface area contributed by atoms with Crippen LogP contribution in [0.4, 0.5) is 22.0 Å². The maximum atomic E-state index is 14.8. The Bertz CT molecular complexity index is 803. The number of rotatable bonds is 7. The molecule has 1 aliphatic heterocycles. The number of ether oxygens (including phenoxy) is 1. The van der Waals surface area contributed by atoms with Crippen molar-refractivity contribution in [3.63, 3.8) is 0 Å². The molecule has 0 saturated carbocycles. The Kier molecular flexibility index (Phi) is 7.55. The van der Waals surface area contributed by atoms with E-state index < -0.39 is 23.7 Å². The zero-order valence-corrected chi connectivity index (χ0v) is 18.0. The predicted octanol–water partition coefficient (Wildman–Crippen LogP) is 8.09. The lowest BCUT2D eigenvalue weighted by Gasteiger charge is -2.28. The largest absolute Gasteiger partial charge is 0.573 e. The van der Waals surface area contributed by atoms with Gasteiger partial charge in [0, 0.05) is 8.80 Å². The highest BCUT2D eigenvalue weighted by atomic mass is 28.3. The third-order valence-electron chi connectivity index (χ3n) is 5.74. The Morgan fingerprint density at radius 3 is 2.10 bits per heavy atom. The van der Waals surface area contributed by atoms with Crippen LogP contribution in [0.25, 0.3) is 11.1 Å². The molecule has 163 valence electrons. The number of benzene rings is 2. The van der Waals surface area contributed by atoms with E-state index in [9.17, 15) is 22.0 Å². The van der Waals surface area contributed by atoms with E-state index in [2.05, 4.69) is 11.7 Å². The van der Waals surface area contributed by atoms with E-state index in [0.717, 1.165) is 25.0 Å². The molecular formula is C23H26F5OSi. The summed E-state index contributed by atoms with van der Waals surface area (Å²) in [5.74, 6) is -1.63. The summed E-state index contributed by atoms with van der Waals surface area (Å²) < 4.78 is 70.2. The van der Waals surface area contributed by atoms with Gasteiger partial charge in [0.1, 0.15) is 17.4 Å². The average Bonchev–Trinajstić information content (AvgIpc) is 2.68. The molecule has 0 amide bonds. The number of alkyl halides is 3. The van der Waals surface area contributed by atoms with Crippen LogP contribution in [-0.4, -0.2) is 15.2 Å². The number of unbranched alkanes of at least 4 members (excludes halogenated alkanes) is 2. The molecule has 2 aromatic carbocycles. The molecule has 0 bridgehead atoms. The summed E-state index contributed by atoms with van der Waals surface area (Å²) in [5.41, 5.74) is 0.633. The van der Waals surface area contributed by atoms with E-state index in [1.807, 2.05) is 0 Å².